The molecular formula is C8H13N5O. The molecule has 0 radical (unpaired) electrons. The van der Waals surface area contributed by atoms with Crippen LogP contribution in [0, 0.1) is 5.92 Å². The van der Waals surface area contributed by atoms with Crippen molar-refractivity contribution in [3.8, 4) is 0 Å². The molecule has 0 atom stereocenters. The van der Waals surface area contributed by atoms with E-state index in [2.05, 4.69) is 20.5 Å². The lowest BCUT2D eigenvalue weighted by Crippen LogP contribution is -2.23. The summed E-state index contributed by atoms with van der Waals surface area (Å²) in [6.07, 6.45) is 3.00. The van der Waals surface area contributed by atoms with Gasteiger partial charge in [0.2, 0.25) is 11.9 Å². The molecule has 14 heavy (non-hydrogen) atoms. The number of rotatable bonds is 4. The third-order valence-corrected chi connectivity index (χ3v) is 2.17. The first kappa shape index (κ1) is 8.98. The first-order chi connectivity index (χ1) is 6.74. The van der Waals surface area contributed by atoms with E-state index in [4.69, 9.17) is 5.73 Å². The average molecular weight is 195 g/mol. The largest absolute Gasteiger partial charge is 0.367 e. The Morgan fingerprint density at radius 3 is 3.00 bits per heavy atom. The minimum Gasteiger partial charge on any atom is -0.367 e. The highest BCUT2D eigenvalue weighted by Gasteiger charge is 2.24. The normalized spacial score (nSPS) is 15.4. The van der Waals surface area contributed by atoms with Crippen molar-refractivity contribution in [1.82, 2.24) is 20.5 Å². The van der Waals surface area contributed by atoms with Gasteiger partial charge in [0.05, 0.1) is 6.54 Å². The van der Waals surface area contributed by atoms with E-state index in [1.807, 2.05) is 0 Å². The predicted molar refractivity (Wildman–Crippen MR) is 50.0 cm³/mol. The second kappa shape index (κ2) is 3.65. The molecule has 0 bridgehead atoms. The zero-order valence-corrected chi connectivity index (χ0v) is 7.79. The van der Waals surface area contributed by atoms with Gasteiger partial charge in [-0.25, -0.2) is 0 Å². The smallest absolute Gasteiger partial charge is 0.239 e. The molecule has 1 heterocycles. The highest BCUT2D eigenvalue weighted by Crippen LogP contribution is 2.32. The Bertz CT molecular complexity index is 330. The summed E-state index contributed by atoms with van der Waals surface area (Å²) in [4.78, 5) is 15.1. The first-order valence-corrected chi connectivity index (χ1v) is 4.67. The Balaban J connectivity index is 1.73. The minimum atomic E-state index is 0.0717. The lowest BCUT2D eigenvalue weighted by molar-refractivity contribution is -0.121. The van der Waals surface area contributed by atoms with Crippen LogP contribution in [0.4, 0.5) is 5.95 Å². The van der Waals surface area contributed by atoms with E-state index in [-0.39, 0.29) is 11.9 Å². The maximum Gasteiger partial charge on any atom is 0.239 e. The summed E-state index contributed by atoms with van der Waals surface area (Å²) in [5, 5.41) is 9.04. The molecule has 0 aliphatic heterocycles. The van der Waals surface area contributed by atoms with Crippen LogP contribution in [0.1, 0.15) is 25.1 Å². The topological polar surface area (TPSA) is 96.7 Å². The van der Waals surface area contributed by atoms with E-state index in [9.17, 15) is 4.79 Å². The highest BCUT2D eigenvalue weighted by molar-refractivity contribution is 5.76. The lowest BCUT2D eigenvalue weighted by Gasteiger charge is -2.00. The number of aromatic amines is 1. The summed E-state index contributed by atoms with van der Waals surface area (Å²) < 4.78 is 0. The molecule has 4 N–H and O–H groups in total. The molecule has 2 rings (SSSR count). The van der Waals surface area contributed by atoms with E-state index in [1.54, 1.807) is 0 Å². The molecule has 0 unspecified atom stereocenters. The van der Waals surface area contributed by atoms with E-state index < -0.39 is 0 Å². The molecule has 0 aromatic carbocycles. The Morgan fingerprint density at radius 1 is 1.64 bits per heavy atom. The van der Waals surface area contributed by atoms with Crippen LogP contribution < -0.4 is 11.1 Å². The molecule has 0 spiro atoms. The number of anilines is 1. The van der Waals surface area contributed by atoms with Gasteiger partial charge in [0.25, 0.3) is 0 Å². The van der Waals surface area contributed by atoms with Gasteiger partial charge < -0.3 is 11.1 Å². The molecule has 1 aliphatic carbocycles. The Morgan fingerprint density at radius 2 is 2.43 bits per heavy atom. The van der Waals surface area contributed by atoms with Gasteiger partial charge in [-0.15, -0.1) is 5.10 Å². The van der Waals surface area contributed by atoms with Gasteiger partial charge in [0, 0.05) is 6.42 Å². The molecule has 1 aromatic rings. The molecule has 1 aromatic heterocycles. The summed E-state index contributed by atoms with van der Waals surface area (Å²) in [6.45, 7) is 0.371. The lowest BCUT2D eigenvalue weighted by atomic mass is 10.3. The molecule has 76 valence electrons. The van der Waals surface area contributed by atoms with Gasteiger partial charge in [-0.2, -0.15) is 4.98 Å². The monoisotopic (exact) mass is 195 g/mol. The highest BCUT2D eigenvalue weighted by atomic mass is 16.1. The van der Waals surface area contributed by atoms with Crippen LogP contribution in [-0.4, -0.2) is 21.1 Å². The van der Waals surface area contributed by atoms with Gasteiger partial charge in [0.15, 0.2) is 0 Å². The first-order valence-electron chi connectivity index (χ1n) is 4.67. The SMILES string of the molecule is Nc1n[nH]c(CNC(=O)CC2CC2)n1. The summed E-state index contributed by atoms with van der Waals surface area (Å²) in [6, 6.07) is 0. The molecule has 6 heteroatoms. The quantitative estimate of drug-likeness (QED) is 0.620. The maximum atomic E-state index is 11.3. The van der Waals surface area contributed by atoms with Gasteiger partial charge in [-0.1, -0.05) is 0 Å². The molecule has 6 nitrogen and oxygen atoms in total. The number of hydrogen-bond donors (Lipinski definition) is 3. The number of hydrogen-bond acceptors (Lipinski definition) is 4. The van der Waals surface area contributed by atoms with Crippen LogP contribution in [0.15, 0.2) is 0 Å². The number of carbonyl (C=O) groups excluding carboxylic acids is 1. The fourth-order valence-corrected chi connectivity index (χ4v) is 1.23. The van der Waals surface area contributed by atoms with Crippen molar-refractivity contribution >= 4 is 11.9 Å². The number of nitrogens with two attached hydrogens (primary N) is 1. The van der Waals surface area contributed by atoms with Crippen LogP contribution in [0.2, 0.25) is 0 Å². The van der Waals surface area contributed by atoms with Gasteiger partial charge in [-0.05, 0) is 18.8 Å². The number of H-pyrrole nitrogens is 1. The molecule has 1 saturated carbocycles. The van der Waals surface area contributed by atoms with Crippen LogP contribution in [0.3, 0.4) is 0 Å². The average Bonchev–Trinajstić information content (AvgIpc) is 2.85. The summed E-state index contributed by atoms with van der Waals surface area (Å²) in [5.74, 6) is 1.47. The van der Waals surface area contributed by atoms with E-state index in [0.29, 0.717) is 24.7 Å². The number of nitrogens with zero attached hydrogens (tertiary/aromatic N) is 2. The number of nitrogen functional groups attached to an aromatic ring is 1. The van der Waals surface area contributed by atoms with E-state index >= 15 is 0 Å². The zero-order chi connectivity index (χ0) is 9.97. The number of amides is 1. The molecule has 1 fully saturated rings. The molecular weight excluding hydrogens is 182 g/mol. The Hall–Kier alpha value is -1.59. The number of aromatic nitrogens is 3. The molecule has 1 aliphatic rings. The zero-order valence-electron chi connectivity index (χ0n) is 7.79. The van der Waals surface area contributed by atoms with Crippen molar-refractivity contribution in [3.05, 3.63) is 5.82 Å². The fourth-order valence-electron chi connectivity index (χ4n) is 1.23. The van der Waals surface area contributed by atoms with Crippen LogP contribution >= 0.6 is 0 Å². The van der Waals surface area contributed by atoms with Gasteiger partial charge >= 0.3 is 0 Å². The van der Waals surface area contributed by atoms with Crippen LogP contribution in [0.5, 0.6) is 0 Å². The van der Waals surface area contributed by atoms with Crippen LogP contribution in [0.25, 0.3) is 0 Å². The standard InChI is InChI=1S/C8H13N5O/c9-8-11-6(12-13-8)4-10-7(14)3-5-1-2-5/h5H,1-4H2,(H,10,14)(H3,9,11,12,13). The second-order valence-corrected chi connectivity index (χ2v) is 3.56. The predicted octanol–water partition coefficient (Wildman–Crippen LogP) is -0.197. The van der Waals surface area contributed by atoms with E-state index in [0.717, 1.165) is 0 Å². The van der Waals surface area contributed by atoms with E-state index in [1.165, 1.54) is 12.8 Å². The van der Waals surface area contributed by atoms with Crippen molar-refractivity contribution in [2.45, 2.75) is 25.8 Å². The fraction of sp³-hybridized carbons (Fsp3) is 0.625. The molecule has 1 amide bonds. The molecule has 0 saturated heterocycles. The second-order valence-electron chi connectivity index (χ2n) is 3.56. The van der Waals surface area contributed by atoms with Crippen LogP contribution in [-0.2, 0) is 11.3 Å². The van der Waals surface area contributed by atoms with Crippen molar-refractivity contribution < 1.29 is 4.79 Å². The Labute approximate surface area is 81.3 Å². The van der Waals surface area contributed by atoms with Crippen molar-refractivity contribution in [1.29, 1.82) is 0 Å². The van der Waals surface area contributed by atoms with Crippen molar-refractivity contribution in [2.75, 3.05) is 5.73 Å². The minimum absolute atomic E-state index is 0.0717. The van der Waals surface area contributed by atoms with Crippen molar-refractivity contribution in [2.24, 2.45) is 5.92 Å². The van der Waals surface area contributed by atoms with Gasteiger partial charge in [0.1, 0.15) is 5.82 Å². The van der Waals surface area contributed by atoms with Crippen molar-refractivity contribution in [3.63, 3.8) is 0 Å². The third kappa shape index (κ3) is 2.45. The number of nitrogens with one attached hydrogen (secondary N) is 2. The summed E-state index contributed by atoms with van der Waals surface area (Å²) in [5.41, 5.74) is 5.31. The third-order valence-electron chi connectivity index (χ3n) is 2.17. The maximum absolute atomic E-state index is 11.3. The summed E-state index contributed by atoms with van der Waals surface area (Å²) >= 11 is 0. The summed E-state index contributed by atoms with van der Waals surface area (Å²) in [7, 11) is 0. The number of carbonyl (C=O) groups is 1. The van der Waals surface area contributed by atoms with Gasteiger partial charge in [-0.3, -0.25) is 9.89 Å². The Kier molecular flexibility index (Phi) is 2.34.